The summed E-state index contributed by atoms with van der Waals surface area (Å²) in [5.41, 5.74) is 2.07. The molecule has 2 aromatic carbocycles. The van der Waals surface area contributed by atoms with Crippen LogP contribution in [0.5, 0.6) is 5.75 Å². The number of methoxy groups -OCH3 is 1. The third-order valence-electron chi connectivity index (χ3n) is 3.45. The molecule has 23 heavy (non-hydrogen) atoms. The number of imidazole rings is 1. The molecule has 0 atom stereocenters. The maximum atomic E-state index is 13.7. The SMILES string of the molecule is COc1ccc(CNC(=O)c2cc(F)cc3[nH]c(=S)[nH]c23)cc1. The minimum atomic E-state index is -0.502. The normalized spacial score (nSPS) is 10.7. The largest absolute Gasteiger partial charge is 0.497 e. The molecule has 0 saturated heterocycles. The molecule has 0 fully saturated rings. The highest BCUT2D eigenvalue weighted by Gasteiger charge is 2.13. The smallest absolute Gasteiger partial charge is 0.253 e. The molecule has 1 aromatic heterocycles. The zero-order valence-corrected chi connectivity index (χ0v) is 13.1. The zero-order valence-electron chi connectivity index (χ0n) is 12.3. The molecule has 0 aliphatic rings. The first-order valence-electron chi connectivity index (χ1n) is 6.89. The summed E-state index contributed by atoms with van der Waals surface area (Å²) in [7, 11) is 1.59. The van der Waals surface area contributed by atoms with E-state index >= 15 is 0 Å². The van der Waals surface area contributed by atoms with E-state index in [9.17, 15) is 9.18 Å². The van der Waals surface area contributed by atoms with Crippen LogP contribution in [0, 0.1) is 10.6 Å². The van der Waals surface area contributed by atoms with Crippen molar-refractivity contribution in [2.24, 2.45) is 0 Å². The third-order valence-corrected chi connectivity index (χ3v) is 3.65. The van der Waals surface area contributed by atoms with Crippen molar-refractivity contribution >= 4 is 29.2 Å². The number of carbonyl (C=O) groups is 1. The van der Waals surface area contributed by atoms with Gasteiger partial charge in [0.2, 0.25) is 0 Å². The second kappa shape index (κ2) is 6.21. The van der Waals surface area contributed by atoms with Crippen molar-refractivity contribution in [3.05, 3.63) is 58.1 Å². The Labute approximate surface area is 136 Å². The average molecular weight is 331 g/mol. The molecular formula is C16H14FN3O2S. The lowest BCUT2D eigenvalue weighted by molar-refractivity contribution is 0.0952. The lowest BCUT2D eigenvalue weighted by Gasteiger charge is -2.07. The summed E-state index contributed by atoms with van der Waals surface area (Å²) >= 11 is 4.99. The van der Waals surface area contributed by atoms with Gasteiger partial charge >= 0.3 is 0 Å². The van der Waals surface area contributed by atoms with E-state index in [4.69, 9.17) is 17.0 Å². The quantitative estimate of drug-likeness (QED) is 0.643. The van der Waals surface area contributed by atoms with Crippen LogP contribution in [-0.4, -0.2) is 23.0 Å². The van der Waals surface area contributed by atoms with Crippen molar-refractivity contribution in [2.45, 2.75) is 6.54 Å². The maximum absolute atomic E-state index is 13.7. The summed E-state index contributed by atoms with van der Waals surface area (Å²) in [6.45, 7) is 0.325. The minimum Gasteiger partial charge on any atom is -0.497 e. The number of carbonyl (C=O) groups excluding carboxylic acids is 1. The highest BCUT2D eigenvalue weighted by Crippen LogP contribution is 2.18. The van der Waals surface area contributed by atoms with E-state index in [0.717, 1.165) is 11.3 Å². The molecule has 118 valence electrons. The molecule has 0 unspecified atom stereocenters. The Morgan fingerprint density at radius 1 is 1.26 bits per heavy atom. The van der Waals surface area contributed by atoms with Crippen LogP contribution in [0.1, 0.15) is 15.9 Å². The third kappa shape index (κ3) is 3.24. The first kappa shape index (κ1) is 15.2. The van der Waals surface area contributed by atoms with Crippen molar-refractivity contribution in [1.29, 1.82) is 0 Å². The second-order valence-corrected chi connectivity index (χ2v) is 5.39. The van der Waals surface area contributed by atoms with Crippen LogP contribution >= 0.6 is 12.2 Å². The van der Waals surface area contributed by atoms with Crippen molar-refractivity contribution in [3.63, 3.8) is 0 Å². The van der Waals surface area contributed by atoms with Crippen molar-refractivity contribution < 1.29 is 13.9 Å². The van der Waals surface area contributed by atoms with Gasteiger partial charge in [-0.15, -0.1) is 0 Å². The van der Waals surface area contributed by atoms with Gasteiger partial charge in [-0.1, -0.05) is 12.1 Å². The molecule has 3 aromatic rings. The van der Waals surface area contributed by atoms with Gasteiger partial charge in [-0.3, -0.25) is 4.79 Å². The molecule has 0 aliphatic heterocycles. The molecule has 0 spiro atoms. The minimum absolute atomic E-state index is 0.209. The van der Waals surface area contributed by atoms with Crippen LogP contribution in [0.2, 0.25) is 0 Å². The summed E-state index contributed by atoms with van der Waals surface area (Å²) in [5.74, 6) is -0.139. The Morgan fingerprint density at radius 2 is 2.00 bits per heavy atom. The Balaban J connectivity index is 1.81. The summed E-state index contributed by atoms with van der Waals surface area (Å²) in [5, 5.41) is 2.77. The Kier molecular flexibility index (Phi) is 4.12. The van der Waals surface area contributed by atoms with E-state index in [1.165, 1.54) is 12.1 Å². The van der Waals surface area contributed by atoms with E-state index in [2.05, 4.69) is 15.3 Å². The number of hydrogen-bond acceptors (Lipinski definition) is 3. The fourth-order valence-electron chi connectivity index (χ4n) is 2.31. The number of fused-ring (bicyclic) bond motifs is 1. The lowest BCUT2D eigenvalue weighted by Crippen LogP contribution is -2.23. The maximum Gasteiger partial charge on any atom is 0.253 e. The molecule has 1 heterocycles. The van der Waals surface area contributed by atoms with E-state index in [1.807, 2.05) is 24.3 Å². The number of aromatic amines is 2. The van der Waals surface area contributed by atoms with Gasteiger partial charge in [-0.2, -0.15) is 0 Å². The summed E-state index contributed by atoms with van der Waals surface area (Å²) in [4.78, 5) is 18.0. The summed E-state index contributed by atoms with van der Waals surface area (Å²) < 4.78 is 19.1. The summed E-state index contributed by atoms with van der Waals surface area (Å²) in [6, 6.07) is 9.80. The summed E-state index contributed by atoms with van der Waals surface area (Å²) in [6.07, 6.45) is 0. The fourth-order valence-corrected chi connectivity index (χ4v) is 2.52. The molecule has 7 heteroatoms. The molecule has 5 nitrogen and oxygen atoms in total. The van der Waals surface area contributed by atoms with Crippen LogP contribution in [0.25, 0.3) is 11.0 Å². The predicted molar refractivity (Wildman–Crippen MR) is 87.6 cm³/mol. The number of halogens is 1. The van der Waals surface area contributed by atoms with Gasteiger partial charge < -0.3 is 20.0 Å². The molecule has 3 N–H and O–H groups in total. The van der Waals surface area contributed by atoms with Crippen molar-refractivity contribution in [1.82, 2.24) is 15.3 Å². The number of amides is 1. The highest BCUT2D eigenvalue weighted by atomic mass is 32.1. The van der Waals surface area contributed by atoms with Gasteiger partial charge in [-0.25, -0.2) is 4.39 Å². The van der Waals surface area contributed by atoms with E-state index < -0.39 is 5.82 Å². The predicted octanol–water partition coefficient (Wildman–Crippen LogP) is 3.30. The fraction of sp³-hybridized carbons (Fsp3) is 0.125. The number of nitrogens with one attached hydrogen (secondary N) is 3. The van der Waals surface area contributed by atoms with E-state index in [0.29, 0.717) is 22.3 Å². The number of H-pyrrole nitrogens is 2. The van der Waals surface area contributed by atoms with Crippen molar-refractivity contribution in [3.8, 4) is 5.75 Å². The standard InChI is InChI=1S/C16H14FN3O2S/c1-22-11-4-2-9(3-5-11)8-18-15(21)12-6-10(17)7-13-14(12)20-16(23)19-13/h2-7H,8H2,1H3,(H,18,21)(H2,19,20,23). The van der Waals surface area contributed by atoms with Crippen LogP contribution in [0.3, 0.4) is 0 Å². The molecule has 0 aliphatic carbocycles. The molecule has 3 rings (SSSR count). The number of hydrogen-bond donors (Lipinski definition) is 3. The van der Waals surface area contributed by atoms with E-state index in [-0.39, 0.29) is 11.5 Å². The zero-order chi connectivity index (χ0) is 16.4. The van der Waals surface area contributed by atoms with Crippen molar-refractivity contribution in [2.75, 3.05) is 7.11 Å². The molecule has 1 amide bonds. The first-order valence-corrected chi connectivity index (χ1v) is 7.30. The number of ether oxygens (including phenoxy) is 1. The van der Waals surface area contributed by atoms with Gasteiger partial charge in [-0.05, 0) is 42.0 Å². The number of aromatic nitrogens is 2. The van der Waals surface area contributed by atoms with Gasteiger partial charge in [0.05, 0.1) is 23.7 Å². The van der Waals surface area contributed by atoms with Gasteiger partial charge in [0, 0.05) is 6.54 Å². The second-order valence-electron chi connectivity index (χ2n) is 4.99. The average Bonchev–Trinajstić information content (AvgIpc) is 2.92. The molecular weight excluding hydrogens is 317 g/mol. The van der Waals surface area contributed by atoms with Gasteiger partial charge in [0.25, 0.3) is 5.91 Å². The Morgan fingerprint density at radius 3 is 2.70 bits per heavy atom. The molecule has 0 radical (unpaired) electrons. The number of rotatable bonds is 4. The van der Waals surface area contributed by atoms with Crippen LogP contribution in [-0.2, 0) is 6.54 Å². The monoisotopic (exact) mass is 331 g/mol. The first-order chi connectivity index (χ1) is 11.1. The van der Waals surface area contributed by atoms with Crippen LogP contribution in [0.4, 0.5) is 4.39 Å². The molecule has 0 bridgehead atoms. The number of benzene rings is 2. The van der Waals surface area contributed by atoms with Crippen LogP contribution < -0.4 is 10.1 Å². The Hall–Kier alpha value is -2.67. The van der Waals surface area contributed by atoms with E-state index in [1.54, 1.807) is 7.11 Å². The topological polar surface area (TPSA) is 69.9 Å². The van der Waals surface area contributed by atoms with Gasteiger partial charge in [0.15, 0.2) is 4.77 Å². The highest BCUT2D eigenvalue weighted by molar-refractivity contribution is 7.71. The van der Waals surface area contributed by atoms with Gasteiger partial charge in [0.1, 0.15) is 11.6 Å². The van der Waals surface area contributed by atoms with Crippen LogP contribution in [0.15, 0.2) is 36.4 Å². The Bertz CT molecular complexity index is 915. The lowest BCUT2D eigenvalue weighted by atomic mass is 10.1. The molecule has 0 saturated carbocycles.